The minimum atomic E-state index is -0.364. The van der Waals surface area contributed by atoms with Crippen LogP contribution in [0.15, 0.2) is 18.2 Å². The van der Waals surface area contributed by atoms with Crippen LogP contribution in [0.2, 0.25) is 0 Å². The van der Waals surface area contributed by atoms with Crippen molar-refractivity contribution in [1.29, 1.82) is 0 Å². The highest BCUT2D eigenvalue weighted by atomic mass is 16.3. The quantitative estimate of drug-likeness (QED) is 0.677. The van der Waals surface area contributed by atoms with Crippen LogP contribution in [0.25, 0.3) is 0 Å². The topological polar surface area (TPSA) is 78.6 Å². The van der Waals surface area contributed by atoms with E-state index in [0.29, 0.717) is 24.2 Å². The molecule has 0 fully saturated rings. The number of nitrogens with zero attached hydrogens (tertiary/aromatic N) is 1. The Hall–Kier alpha value is -1.75. The zero-order chi connectivity index (χ0) is 13.7. The Balaban J connectivity index is 2.97. The summed E-state index contributed by atoms with van der Waals surface area (Å²) in [5.74, 6) is -0.145. The molecule has 18 heavy (non-hydrogen) atoms. The lowest BCUT2D eigenvalue weighted by molar-refractivity contribution is 0.0963. The molecule has 1 atom stereocenters. The van der Waals surface area contributed by atoms with Gasteiger partial charge in [0.1, 0.15) is 0 Å². The molecule has 0 saturated heterocycles. The number of carbonyl (C=O) groups excluding carboxylic acids is 1. The highest BCUT2D eigenvalue weighted by Gasteiger charge is 2.14. The predicted octanol–water partition coefficient (Wildman–Crippen LogP) is 0.835. The second-order valence-electron chi connectivity index (χ2n) is 4.41. The Morgan fingerprint density at radius 1 is 1.56 bits per heavy atom. The van der Waals surface area contributed by atoms with Crippen molar-refractivity contribution in [1.82, 2.24) is 5.32 Å². The third-order valence-electron chi connectivity index (χ3n) is 2.79. The smallest absolute Gasteiger partial charge is 0.253 e. The third kappa shape index (κ3) is 3.63. The molecule has 1 aromatic rings. The van der Waals surface area contributed by atoms with Crippen LogP contribution in [-0.2, 0) is 0 Å². The Kier molecular flexibility index (Phi) is 4.97. The molecule has 0 heterocycles. The second kappa shape index (κ2) is 6.26. The van der Waals surface area contributed by atoms with Crippen molar-refractivity contribution in [2.75, 3.05) is 31.3 Å². The maximum atomic E-state index is 11.8. The highest BCUT2D eigenvalue weighted by molar-refractivity contribution is 6.00. The van der Waals surface area contributed by atoms with Gasteiger partial charge in [0.2, 0.25) is 0 Å². The van der Waals surface area contributed by atoms with E-state index < -0.39 is 0 Å². The van der Waals surface area contributed by atoms with E-state index in [1.807, 2.05) is 11.9 Å². The summed E-state index contributed by atoms with van der Waals surface area (Å²) in [5.41, 5.74) is 7.72. The number of nitrogens with one attached hydrogen (secondary N) is 1. The first-order valence-corrected chi connectivity index (χ1v) is 5.96. The molecule has 1 aromatic carbocycles. The van der Waals surface area contributed by atoms with Crippen LogP contribution in [0.3, 0.4) is 0 Å². The summed E-state index contributed by atoms with van der Waals surface area (Å²) in [4.78, 5) is 13.7. The fourth-order valence-electron chi connectivity index (χ4n) is 1.69. The van der Waals surface area contributed by atoms with E-state index in [4.69, 9.17) is 5.73 Å². The van der Waals surface area contributed by atoms with Gasteiger partial charge in [-0.25, -0.2) is 0 Å². The van der Waals surface area contributed by atoms with Gasteiger partial charge in [-0.05, 0) is 31.5 Å². The van der Waals surface area contributed by atoms with Crippen LogP contribution >= 0.6 is 0 Å². The van der Waals surface area contributed by atoms with Crippen molar-refractivity contribution in [3.63, 3.8) is 0 Å². The van der Waals surface area contributed by atoms with Gasteiger partial charge in [0.05, 0.1) is 17.4 Å². The summed E-state index contributed by atoms with van der Waals surface area (Å²) in [6.45, 7) is 2.40. The average Bonchev–Trinajstić information content (AvgIpc) is 2.34. The molecule has 1 amide bonds. The predicted molar refractivity (Wildman–Crippen MR) is 73.8 cm³/mol. The van der Waals surface area contributed by atoms with Crippen molar-refractivity contribution in [2.24, 2.45) is 0 Å². The van der Waals surface area contributed by atoms with Gasteiger partial charge in [0.25, 0.3) is 5.91 Å². The van der Waals surface area contributed by atoms with E-state index in [2.05, 4.69) is 5.32 Å². The van der Waals surface area contributed by atoms with Gasteiger partial charge in [-0.2, -0.15) is 0 Å². The lowest BCUT2D eigenvalue weighted by atomic mass is 10.1. The fourth-order valence-corrected chi connectivity index (χ4v) is 1.69. The van der Waals surface area contributed by atoms with E-state index in [-0.39, 0.29) is 12.0 Å². The molecule has 100 valence electrons. The number of amides is 1. The minimum absolute atomic E-state index is 0.145. The summed E-state index contributed by atoms with van der Waals surface area (Å²) < 4.78 is 0. The van der Waals surface area contributed by atoms with Gasteiger partial charge >= 0.3 is 0 Å². The van der Waals surface area contributed by atoms with E-state index in [1.165, 1.54) is 0 Å². The standard InChI is InChI=1S/C13H21N3O2/c1-9(17)6-7-16(3)12-8-10(14)4-5-11(12)13(18)15-2/h4-5,8-9,17H,6-7,14H2,1-3H3,(H,15,18). The molecule has 0 spiro atoms. The molecule has 0 aliphatic heterocycles. The van der Waals surface area contributed by atoms with Crippen LogP contribution in [-0.4, -0.2) is 37.8 Å². The van der Waals surface area contributed by atoms with E-state index in [1.54, 1.807) is 32.2 Å². The number of benzene rings is 1. The number of nitrogens with two attached hydrogens (primary N) is 1. The Bertz CT molecular complexity index is 419. The average molecular weight is 251 g/mol. The highest BCUT2D eigenvalue weighted by Crippen LogP contribution is 2.23. The van der Waals surface area contributed by atoms with Crippen LogP contribution in [0, 0.1) is 0 Å². The first-order valence-electron chi connectivity index (χ1n) is 5.96. The lowest BCUT2D eigenvalue weighted by Crippen LogP contribution is -2.26. The monoisotopic (exact) mass is 251 g/mol. The maximum Gasteiger partial charge on any atom is 0.253 e. The number of nitrogen functional groups attached to an aromatic ring is 1. The van der Waals surface area contributed by atoms with Crippen LogP contribution in [0.4, 0.5) is 11.4 Å². The molecule has 0 aromatic heterocycles. The molecule has 4 N–H and O–H groups in total. The Morgan fingerprint density at radius 2 is 2.22 bits per heavy atom. The molecular formula is C13H21N3O2. The number of aliphatic hydroxyl groups is 1. The van der Waals surface area contributed by atoms with Crippen LogP contribution in [0.1, 0.15) is 23.7 Å². The Labute approximate surface area is 108 Å². The van der Waals surface area contributed by atoms with Crippen molar-refractivity contribution >= 4 is 17.3 Å². The van der Waals surface area contributed by atoms with Crippen molar-refractivity contribution in [3.05, 3.63) is 23.8 Å². The van der Waals surface area contributed by atoms with Crippen molar-refractivity contribution in [3.8, 4) is 0 Å². The van der Waals surface area contributed by atoms with E-state index in [0.717, 1.165) is 5.69 Å². The maximum absolute atomic E-state index is 11.8. The van der Waals surface area contributed by atoms with Crippen LogP contribution in [0.5, 0.6) is 0 Å². The fraction of sp³-hybridized carbons (Fsp3) is 0.462. The number of carbonyl (C=O) groups is 1. The molecule has 0 bridgehead atoms. The molecule has 5 nitrogen and oxygen atoms in total. The molecule has 0 aliphatic rings. The summed E-state index contributed by atoms with van der Waals surface area (Å²) in [6.07, 6.45) is 0.273. The normalized spacial score (nSPS) is 12.0. The van der Waals surface area contributed by atoms with E-state index >= 15 is 0 Å². The summed E-state index contributed by atoms with van der Waals surface area (Å²) >= 11 is 0. The summed E-state index contributed by atoms with van der Waals surface area (Å²) in [6, 6.07) is 5.19. The number of rotatable bonds is 5. The van der Waals surface area contributed by atoms with Gasteiger partial charge < -0.3 is 21.1 Å². The first kappa shape index (κ1) is 14.3. The SMILES string of the molecule is CNC(=O)c1ccc(N)cc1N(C)CCC(C)O. The zero-order valence-corrected chi connectivity index (χ0v) is 11.1. The molecule has 1 unspecified atom stereocenters. The van der Waals surface area contributed by atoms with Crippen molar-refractivity contribution < 1.29 is 9.90 Å². The molecule has 0 saturated carbocycles. The zero-order valence-electron chi connectivity index (χ0n) is 11.1. The summed E-state index contributed by atoms with van der Waals surface area (Å²) in [7, 11) is 3.47. The Morgan fingerprint density at radius 3 is 2.78 bits per heavy atom. The lowest BCUT2D eigenvalue weighted by Gasteiger charge is -2.23. The molecule has 1 rings (SSSR count). The van der Waals surface area contributed by atoms with Crippen LogP contribution < -0.4 is 16.0 Å². The molecule has 5 heteroatoms. The van der Waals surface area contributed by atoms with Crippen molar-refractivity contribution in [2.45, 2.75) is 19.4 Å². The van der Waals surface area contributed by atoms with Gasteiger partial charge in [-0.15, -0.1) is 0 Å². The van der Waals surface area contributed by atoms with Gasteiger partial charge in [-0.1, -0.05) is 0 Å². The third-order valence-corrected chi connectivity index (χ3v) is 2.79. The number of aliphatic hydroxyl groups excluding tert-OH is 1. The first-order chi connectivity index (χ1) is 8.45. The molecule has 0 radical (unpaired) electrons. The minimum Gasteiger partial charge on any atom is -0.399 e. The summed E-state index contributed by atoms with van der Waals surface area (Å²) in [5, 5.41) is 11.9. The number of hydrogen-bond acceptors (Lipinski definition) is 4. The molecular weight excluding hydrogens is 230 g/mol. The number of hydrogen-bond donors (Lipinski definition) is 3. The van der Waals surface area contributed by atoms with Gasteiger partial charge in [0.15, 0.2) is 0 Å². The van der Waals surface area contributed by atoms with Gasteiger partial charge in [0, 0.05) is 26.3 Å². The second-order valence-corrected chi connectivity index (χ2v) is 4.41. The number of anilines is 2. The van der Waals surface area contributed by atoms with E-state index in [9.17, 15) is 9.90 Å². The largest absolute Gasteiger partial charge is 0.399 e. The molecule has 0 aliphatic carbocycles. The van der Waals surface area contributed by atoms with Gasteiger partial charge in [-0.3, -0.25) is 4.79 Å².